The van der Waals surface area contributed by atoms with E-state index in [1.54, 1.807) is 7.05 Å². The summed E-state index contributed by atoms with van der Waals surface area (Å²) in [6.45, 7) is 13.1. The van der Waals surface area contributed by atoms with Gasteiger partial charge in [-0.15, -0.1) is 0 Å². The largest absolute Gasteiger partial charge is 0.466 e. The van der Waals surface area contributed by atoms with Crippen molar-refractivity contribution in [2.24, 2.45) is 5.92 Å². The standard InChI is InChI=1S/C46H85N3O6/c1-6-10-12-20-29-40(30-21-13-11-7-2)55-42(51)32-23-17-15-19-25-36-49(37-26-34-48-44-43(47-5)45(52)46(44)53)35-24-18-14-16-22-31-41(50)54-38-33-39(27-8-3)28-9-4/h39-40,47-48H,6-38H2,1-5H3. The normalized spacial score (nSPS) is 11.6. The zero-order valence-electron chi connectivity index (χ0n) is 36.4. The van der Waals surface area contributed by atoms with Crippen molar-refractivity contribution in [2.45, 2.75) is 214 Å². The molecule has 0 aliphatic carbocycles. The number of carbonyl (C=O) groups excluding carboxylic acids is 2. The molecule has 0 amide bonds. The number of carbonyl (C=O) groups is 2. The fraction of sp³-hybridized carbons (Fsp3) is 0.870. The van der Waals surface area contributed by atoms with Crippen molar-refractivity contribution in [3.05, 3.63) is 20.4 Å². The molecule has 320 valence electrons. The number of ether oxygens (including phenoxy) is 2. The molecule has 0 radical (unpaired) electrons. The van der Waals surface area contributed by atoms with Crippen molar-refractivity contribution in [1.82, 2.24) is 4.90 Å². The smallest absolute Gasteiger partial charge is 0.306 e. The highest BCUT2D eigenvalue weighted by Crippen LogP contribution is 2.19. The van der Waals surface area contributed by atoms with Crippen LogP contribution in [0.15, 0.2) is 9.59 Å². The molecule has 0 unspecified atom stereocenters. The van der Waals surface area contributed by atoms with Crippen molar-refractivity contribution in [2.75, 3.05) is 50.5 Å². The number of nitrogens with one attached hydrogen (secondary N) is 2. The molecule has 0 aliphatic rings. The van der Waals surface area contributed by atoms with Gasteiger partial charge in [0.25, 0.3) is 10.9 Å². The predicted molar refractivity (Wildman–Crippen MR) is 232 cm³/mol. The summed E-state index contributed by atoms with van der Waals surface area (Å²) >= 11 is 0. The minimum atomic E-state index is -0.442. The summed E-state index contributed by atoms with van der Waals surface area (Å²) in [5, 5.41) is 6.00. The van der Waals surface area contributed by atoms with Gasteiger partial charge in [-0.05, 0) is 89.8 Å². The Bertz CT molecular complexity index is 1130. The predicted octanol–water partition coefficient (Wildman–Crippen LogP) is 11.1. The Hall–Kier alpha value is -2.42. The summed E-state index contributed by atoms with van der Waals surface area (Å²) in [4.78, 5) is 51.1. The molecule has 0 heterocycles. The second kappa shape index (κ2) is 34.8. The maximum absolute atomic E-state index is 12.7. The molecular formula is C46H85N3O6. The molecule has 0 aromatic heterocycles. The van der Waals surface area contributed by atoms with E-state index in [-0.39, 0.29) is 18.0 Å². The number of hydrogen-bond donors (Lipinski definition) is 2. The second-order valence-corrected chi connectivity index (χ2v) is 16.1. The molecule has 1 aromatic carbocycles. The van der Waals surface area contributed by atoms with Crippen LogP contribution >= 0.6 is 0 Å². The van der Waals surface area contributed by atoms with Crippen LogP contribution in [-0.2, 0) is 19.1 Å². The average molecular weight is 776 g/mol. The maximum atomic E-state index is 12.7. The van der Waals surface area contributed by atoms with Crippen LogP contribution in [-0.4, -0.2) is 62.8 Å². The number of nitrogens with zero attached hydrogens (tertiary/aromatic N) is 1. The SMILES string of the molecule is CCCCCCC(CCCCCC)OC(=O)CCCCCCCN(CCCCCCCC(=O)OCCC(CCC)CCC)CCCNc1c(NC)c(=O)c1=O. The Morgan fingerprint density at radius 1 is 0.545 bits per heavy atom. The molecular weight excluding hydrogens is 691 g/mol. The lowest BCUT2D eigenvalue weighted by Gasteiger charge is -2.23. The van der Waals surface area contributed by atoms with Gasteiger partial charge in [0.15, 0.2) is 0 Å². The van der Waals surface area contributed by atoms with Gasteiger partial charge in [0, 0.05) is 26.4 Å². The number of hydrogen-bond acceptors (Lipinski definition) is 9. The first-order valence-corrected chi connectivity index (χ1v) is 23.1. The highest BCUT2D eigenvalue weighted by atomic mass is 16.5. The summed E-state index contributed by atoms with van der Waals surface area (Å²) in [5.74, 6) is 0.612. The average Bonchev–Trinajstić information content (AvgIpc) is 3.17. The minimum absolute atomic E-state index is 0.0143. The van der Waals surface area contributed by atoms with Crippen LogP contribution in [0.4, 0.5) is 11.4 Å². The van der Waals surface area contributed by atoms with E-state index in [0.29, 0.717) is 43.3 Å². The van der Waals surface area contributed by atoms with E-state index < -0.39 is 10.9 Å². The van der Waals surface area contributed by atoms with E-state index in [0.717, 1.165) is 122 Å². The third-order valence-corrected chi connectivity index (χ3v) is 11.1. The number of unbranched alkanes of at least 4 members (excludes halogenated alkanes) is 14. The van der Waals surface area contributed by atoms with Crippen molar-refractivity contribution >= 4 is 23.3 Å². The zero-order valence-corrected chi connectivity index (χ0v) is 36.4. The molecule has 1 rings (SSSR count). The van der Waals surface area contributed by atoms with E-state index in [1.165, 1.54) is 64.2 Å². The Morgan fingerprint density at radius 2 is 1.04 bits per heavy atom. The maximum Gasteiger partial charge on any atom is 0.306 e. The zero-order chi connectivity index (χ0) is 40.4. The Morgan fingerprint density at radius 3 is 1.58 bits per heavy atom. The van der Waals surface area contributed by atoms with Crippen LogP contribution in [0.1, 0.15) is 207 Å². The first-order chi connectivity index (χ1) is 26.8. The topological polar surface area (TPSA) is 114 Å². The fourth-order valence-electron chi connectivity index (χ4n) is 7.69. The molecule has 0 bridgehead atoms. The van der Waals surface area contributed by atoms with E-state index in [2.05, 4.69) is 43.2 Å². The number of anilines is 2. The first kappa shape index (κ1) is 50.6. The van der Waals surface area contributed by atoms with Crippen LogP contribution in [0.5, 0.6) is 0 Å². The molecule has 9 heteroatoms. The minimum Gasteiger partial charge on any atom is -0.466 e. The molecule has 2 N–H and O–H groups in total. The van der Waals surface area contributed by atoms with Gasteiger partial charge in [0.05, 0.1) is 6.61 Å². The third kappa shape index (κ3) is 25.5. The summed E-state index contributed by atoms with van der Waals surface area (Å²) < 4.78 is 11.5. The van der Waals surface area contributed by atoms with E-state index >= 15 is 0 Å². The van der Waals surface area contributed by atoms with E-state index in [1.807, 2.05) is 0 Å². The molecule has 55 heavy (non-hydrogen) atoms. The first-order valence-electron chi connectivity index (χ1n) is 23.1. The molecule has 0 fully saturated rings. The monoisotopic (exact) mass is 776 g/mol. The lowest BCUT2D eigenvalue weighted by molar-refractivity contribution is -0.150. The molecule has 1 aromatic rings. The van der Waals surface area contributed by atoms with Crippen molar-refractivity contribution in [3.63, 3.8) is 0 Å². The Balaban J connectivity index is 2.37. The lowest BCUT2D eigenvalue weighted by Crippen LogP contribution is -2.37. The van der Waals surface area contributed by atoms with Crippen molar-refractivity contribution in [3.8, 4) is 0 Å². The quantitative estimate of drug-likeness (QED) is 0.0382. The Labute approximate surface area is 336 Å². The summed E-state index contributed by atoms with van der Waals surface area (Å²) in [6, 6.07) is 0. The summed E-state index contributed by atoms with van der Waals surface area (Å²) in [5.41, 5.74) is -0.0674. The molecule has 9 nitrogen and oxygen atoms in total. The van der Waals surface area contributed by atoms with Crippen LogP contribution in [0.2, 0.25) is 0 Å². The highest BCUT2D eigenvalue weighted by Gasteiger charge is 2.19. The second-order valence-electron chi connectivity index (χ2n) is 16.1. The molecule has 0 spiro atoms. The van der Waals surface area contributed by atoms with Gasteiger partial charge in [0.1, 0.15) is 17.5 Å². The van der Waals surface area contributed by atoms with Gasteiger partial charge in [-0.3, -0.25) is 19.2 Å². The van der Waals surface area contributed by atoms with Gasteiger partial charge in [0.2, 0.25) is 0 Å². The van der Waals surface area contributed by atoms with Crippen LogP contribution in [0, 0.1) is 5.92 Å². The van der Waals surface area contributed by atoms with Gasteiger partial charge >= 0.3 is 11.9 Å². The number of rotatable bonds is 40. The third-order valence-electron chi connectivity index (χ3n) is 11.1. The van der Waals surface area contributed by atoms with Crippen LogP contribution in [0.25, 0.3) is 0 Å². The summed E-state index contributed by atoms with van der Waals surface area (Å²) in [6.07, 6.45) is 30.2. The molecule has 0 aliphatic heterocycles. The fourth-order valence-corrected chi connectivity index (χ4v) is 7.69. The molecule has 0 saturated carbocycles. The molecule has 0 atom stereocenters. The summed E-state index contributed by atoms with van der Waals surface area (Å²) in [7, 11) is 1.67. The van der Waals surface area contributed by atoms with Crippen LogP contribution in [0.3, 0.4) is 0 Å². The number of esters is 2. The highest BCUT2D eigenvalue weighted by molar-refractivity contribution is 5.73. The van der Waals surface area contributed by atoms with Crippen LogP contribution < -0.4 is 21.5 Å². The van der Waals surface area contributed by atoms with Crippen molar-refractivity contribution in [1.29, 1.82) is 0 Å². The molecule has 0 saturated heterocycles. The van der Waals surface area contributed by atoms with E-state index in [4.69, 9.17) is 9.47 Å². The van der Waals surface area contributed by atoms with Gasteiger partial charge in [-0.25, -0.2) is 0 Å². The van der Waals surface area contributed by atoms with Gasteiger partial charge in [-0.2, -0.15) is 0 Å². The van der Waals surface area contributed by atoms with Gasteiger partial charge in [-0.1, -0.05) is 130 Å². The van der Waals surface area contributed by atoms with Crippen molar-refractivity contribution < 1.29 is 19.1 Å². The Kier molecular flexibility index (Phi) is 32.0. The van der Waals surface area contributed by atoms with E-state index in [9.17, 15) is 19.2 Å². The van der Waals surface area contributed by atoms with Gasteiger partial charge < -0.3 is 25.0 Å². The lowest BCUT2D eigenvalue weighted by atomic mass is 9.95.